The van der Waals surface area contributed by atoms with Gasteiger partial charge in [0.1, 0.15) is 12.4 Å². The van der Waals surface area contributed by atoms with Crippen LogP contribution in [0.5, 0.6) is 5.88 Å². The Morgan fingerprint density at radius 3 is 2.44 bits per heavy atom. The summed E-state index contributed by atoms with van der Waals surface area (Å²) in [5.74, 6) is 0.785. The number of hydrogen-bond donors (Lipinski definition) is 1. The zero-order chi connectivity index (χ0) is 34.2. The summed E-state index contributed by atoms with van der Waals surface area (Å²) >= 11 is 0. The van der Waals surface area contributed by atoms with Crippen LogP contribution < -0.4 is 14.4 Å². The second-order valence-corrected chi connectivity index (χ2v) is 15.0. The van der Waals surface area contributed by atoms with Crippen LogP contribution in [0.25, 0.3) is 11.3 Å². The summed E-state index contributed by atoms with van der Waals surface area (Å²) < 4.78 is 36.5. The highest BCUT2D eigenvalue weighted by atomic mass is 32.2. The second kappa shape index (κ2) is 13.5. The largest absolute Gasteiger partial charge is 0.475 e. The van der Waals surface area contributed by atoms with Gasteiger partial charge in [-0.25, -0.2) is 23.1 Å². The third-order valence-corrected chi connectivity index (χ3v) is 10.6. The first-order valence-electron chi connectivity index (χ1n) is 16.5. The lowest BCUT2D eigenvalue weighted by Gasteiger charge is -2.36. The molecule has 0 saturated heterocycles. The highest BCUT2D eigenvalue weighted by molar-refractivity contribution is 7.92. The first-order chi connectivity index (χ1) is 22.9. The third kappa shape index (κ3) is 6.85. The van der Waals surface area contributed by atoms with E-state index in [9.17, 15) is 13.2 Å². The first kappa shape index (κ1) is 33.3. The lowest BCUT2D eigenvalue weighted by molar-refractivity contribution is 0.0549. The molecule has 2 aliphatic rings. The number of aryl methyl sites for hydroxylation is 2. The molecule has 0 spiro atoms. The van der Waals surface area contributed by atoms with Crippen molar-refractivity contribution in [3.05, 3.63) is 82.8 Å². The van der Waals surface area contributed by atoms with E-state index in [4.69, 9.17) is 14.7 Å². The maximum atomic E-state index is 14.4. The van der Waals surface area contributed by atoms with E-state index in [1.807, 2.05) is 46.0 Å². The van der Waals surface area contributed by atoms with E-state index < -0.39 is 16.1 Å². The van der Waals surface area contributed by atoms with Crippen molar-refractivity contribution >= 4 is 27.7 Å². The van der Waals surface area contributed by atoms with Crippen LogP contribution in [0.3, 0.4) is 0 Å². The zero-order valence-electron chi connectivity index (χ0n) is 28.4. The Morgan fingerprint density at radius 1 is 1.02 bits per heavy atom. The molecule has 4 aromatic rings. The maximum Gasteiger partial charge on any atom is 0.264 e. The minimum absolute atomic E-state index is 0.0721. The molecule has 4 bridgehead atoms. The molecule has 11 nitrogen and oxygen atoms in total. The fourth-order valence-corrected chi connectivity index (χ4v) is 7.39. The number of nitrogens with zero attached hydrogens (tertiary/aromatic N) is 6. The molecule has 0 unspecified atom stereocenters. The molecule has 12 heteroatoms. The van der Waals surface area contributed by atoms with Gasteiger partial charge in [-0.2, -0.15) is 4.98 Å². The van der Waals surface area contributed by atoms with Gasteiger partial charge in [-0.05, 0) is 81.7 Å². The predicted octanol–water partition coefficient (Wildman–Crippen LogP) is 6.10. The molecule has 1 amide bonds. The fourth-order valence-electron chi connectivity index (χ4n) is 6.40. The number of amides is 1. The van der Waals surface area contributed by atoms with Crippen LogP contribution in [0.2, 0.25) is 0 Å². The van der Waals surface area contributed by atoms with Crippen molar-refractivity contribution in [2.75, 3.05) is 23.3 Å². The lowest BCUT2D eigenvalue weighted by Crippen LogP contribution is -2.44. The zero-order valence-corrected chi connectivity index (χ0v) is 29.2. The minimum Gasteiger partial charge on any atom is -0.475 e. The molecule has 1 aliphatic carbocycles. The standard InChI is InChI=1S/C36H43N7O4S/c1-22(2)16-29-21-47-34-25(5)33(32-23(3)10-7-11-24(32)4)39-36(40-34)41-48(45,46)30-15-8-12-26(17-30)35(44)43(29)20-27-18-37-19-31(38-27)42(6)28-13-9-14-28/h7-8,10-12,15,17-19,22,28-29H,9,13-14,16,20-21H2,1-6H3,(H,39,40,41)/t29-/m1/s1. The van der Waals surface area contributed by atoms with Gasteiger partial charge in [-0.3, -0.25) is 9.78 Å². The van der Waals surface area contributed by atoms with Gasteiger partial charge in [0, 0.05) is 29.8 Å². The summed E-state index contributed by atoms with van der Waals surface area (Å²) in [5, 5.41) is 0. The van der Waals surface area contributed by atoms with Gasteiger partial charge >= 0.3 is 0 Å². The van der Waals surface area contributed by atoms with Crippen molar-refractivity contribution in [1.82, 2.24) is 24.8 Å². The number of anilines is 2. The number of nitrogens with one attached hydrogen (secondary N) is 1. The number of fused-ring (bicyclic) bond motifs is 4. The van der Waals surface area contributed by atoms with E-state index in [0.29, 0.717) is 29.4 Å². The summed E-state index contributed by atoms with van der Waals surface area (Å²) in [5.41, 5.74) is 4.98. The summed E-state index contributed by atoms with van der Waals surface area (Å²) in [6.07, 6.45) is 7.49. The number of ether oxygens (including phenoxy) is 1. The van der Waals surface area contributed by atoms with E-state index >= 15 is 0 Å². The molecule has 3 heterocycles. The quantitative estimate of drug-likeness (QED) is 0.248. The summed E-state index contributed by atoms with van der Waals surface area (Å²) in [4.78, 5) is 36.9. The summed E-state index contributed by atoms with van der Waals surface area (Å²) in [7, 11) is -2.14. The van der Waals surface area contributed by atoms with Crippen LogP contribution in [0.4, 0.5) is 11.8 Å². The average molecular weight is 670 g/mol. The monoisotopic (exact) mass is 669 g/mol. The van der Waals surface area contributed by atoms with E-state index in [0.717, 1.165) is 35.3 Å². The number of carbonyl (C=O) groups excluding carboxylic acids is 1. The van der Waals surface area contributed by atoms with Crippen molar-refractivity contribution in [2.45, 2.75) is 83.8 Å². The van der Waals surface area contributed by atoms with Gasteiger partial charge in [0.25, 0.3) is 15.9 Å². The van der Waals surface area contributed by atoms with Gasteiger partial charge < -0.3 is 14.5 Å². The van der Waals surface area contributed by atoms with E-state index in [1.54, 1.807) is 29.4 Å². The lowest BCUT2D eigenvalue weighted by atomic mass is 9.92. The molecular weight excluding hydrogens is 627 g/mol. The fraction of sp³-hybridized carbons (Fsp3) is 0.417. The molecule has 252 valence electrons. The average Bonchev–Trinajstić information content (AvgIpc) is 3.02. The Labute approximate surface area is 282 Å². The molecule has 6 rings (SSSR count). The molecule has 2 aromatic heterocycles. The number of rotatable bonds is 7. The van der Waals surface area contributed by atoms with Gasteiger partial charge in [-0.15, -0.1) is 0 Å². The van der Waals surface area contributed by atoms with Crippen molar-refractivity contribution < 1.29 is 17.9 Å². The molecule has 1 fully saturated rings. The Hall–Kier alpha value is -4.58. The van der Waals surface area contributed by atoms with Gasteiger partial charge in [0.05, 0.1) is 41.3 Å². The Bertz CT molecular complexity index is 1920. The van der Waals surface area contributed by atoms with Gasteiger partial charge in [0.2, 0.25) is 11.8 Å². The molecular formula is C36H43N7O4S. The maximum absolute atomic E-state index is 14.4. The SMILES string of the molecule is Cc1cccc(C)c1-c1nc2nc(c1C)OC[C@@H](CC(C)C)N(Cc1cncc(N(C)C3CCC3)n1)C(=O)c1cccc(c1)S(=O)(=O)N2. The molecule has 2 aromatic carbocycles. The Kier molecular flexibility index (Phi) is 9.37. The normalized spacial score (nSPS) is 17.8. The Balaban J connectivity index is 1.47. The van der Waals surface area contributed by atoms with Crippen LogP contribution in [0, 0.1) is 26.7 Å². The van der Waals surface area contributed by atoms with Crippen molar-refractivity contribution in [2.24, 2.45) is 5.92 Å². The first-order valence-corrected chi connectivity index (χ1v) is 17.9. The predicted molar refractivity (Wildman–Crippen MR) is 186 cm³/mol. The smallest absolute Gasteiger partial charge is 0.264 e. The number of aromatic nitrogens is 4. The topological polar surface area (TPSA) is 131 Å². The molecule has 1 N–H and O–H groups in total. The molecule has 1 atom stereocenters. The third-order valence-electron chi connectivity index (χ3n) is 9.28. The van der Waals surface area contributed by atoms with E-state index in [2.05, 4.69) is 33.4 Å². The van der Waals surface area contributed by atoms with Crippen LogP contribution >= 0.6 is 0 Å². The van der Waals surface area contributed by atoms with Crippen molar-refractivity contribution in [3.63, 3.8) is 0 Å². The molecule has 1 saturated carbocycles. The van der Waals surface area contributed by atoms with Crippen LogP contribution in [0.1, 0.15) is 72.3 Å². The molecule has 48 heavy (non-hydrogen) atoms. The number of sulfonamides is 1. The van der Waals surface area contributed by atoms with Gasteiger partial charge in [0.15, 0.2) is 0 Å². The van der Waals surface area contributed by atoms with Crippen molar-refractivity contribution in [1.29, 1.82) is 0 Å². The summed E-state index contributed by atoms with van der Waals surface area (Å²) in [6.45, 7) is 10.3. The highest BCUT2D eigenvalue weighted by Gasteiger charge is 2.31. The minimum atomic E-state index is -4.17. The van der Waals surface area contributed by atoms with E-state index in [-0.39, 0.29) is 47.3 Å². The van der Waals surface area contributed by atoms with Crippen LogP contribution in [-0.4, -0.2) is 64.9 Å². The molecule has 1 aliphatic heterocycles. The Morgan fingerprint density at radius 2 is 1.75 bits per heavy atom. The number of benzene rings is 2. The van der Waals surface area contributed by atoms with Gasteiger partial charge in [-0.1, -0.05) is 38.1 Å². The summed E-state index contributed by atoms with van der Waals surface area (Å²) in [6, 6.07) is 12.0. The highest BCUT2D eigenvalue weighted by Crippen LogP contribution is 2.34. The molecule has 0 radical (unpaired) electrons. The van der Waals surface area contributed by atoms with Crippen LogP contribution in [0.15, 0.2) is 59.8 Å². The van der Waals surface area contributed by atoms with E-state index in [1.165, 1.54) is 18.6 Å². The number of carbonyl (C=O) groups is 1. The number of hydrogen-bond acceptors (Lipinski definition) is 9. The van der Waals surface area contributed by atoms with Crippen molar-refractivity contribution in [3.8, 4) is 17.1 Å². The van der Waals surface area contributed by atoms with Crippen LogP contribution in [-0.2, 0) is 16.6 Å². The second-order valence-electron chi connectivity index (χ2n) is 13.3.